The van der Waals surface area contributed by atoms with Crippen molar-refractivity contribution >= 4 is 26.5 Å². The summed E-state index contributed by atoms with van der Waals surface area (Å²) in [5, 5.41) is 1.67. The summed E-state index contributed by atoms with van der Waals surface area (Å²) in [6.07, 6.45) is -3.39. The minimum Gasteiger partial charge on any atom is -0.468 e. The molecule has 0 fully saturated rings. The number of hydrogen-bond acceptors (Lipinski definition) is 4. The van der Waals surface area contributed by atoms with Crippen molar-refractivity contribution in [3.63, 3.8) is 0 Å². The zero-order valence-electron chi connectivity index (χ0n) is 13.2. The monoisotopic (exact) mass is 382 g/mol. The molecule has 0 aliphatic rings. The minimum atomic E-state index is -4.47. The Morgan fingerprint density at radius 1 is 1.00 bits per heavy atom. The van der Waals surface area contributed by atoms with E-state index in [2.05, 4.69) is 14.4 Å². The number of halogens is 3. The minimum absolute atomic E-state index is 0.0635. The quantitative estimate of drug-likeness (QED) is 0.725. The highest BCUT2D eigenvalue weighted by molar-refractivity contribution is 7.92. The summed E-state index contributed by atoms with van der Waals surface area (Å²) in [7, 11) is -3.86. The third kappa shape index (κ3) is 4.42. The van der Waals surface area contributed by atoms with Crippen molar-refractivity contribution < 1.29 is 26.3 Å². The molecule has 9 heteroatoms. The second kappa shape index (κ2) is 6.83. The molecule has 3 rings (SSSR count). The van der Waals surface area contributed by atoms with Gasteiger partial charge >= 0.3 is 6.18 Å². The lowest BCUT2D eigenvalue weighted by atomic mass is 10.1. The molecule has 1 heterocycles. The maximum absolute atomic E-state index is 12.5. The number of sulfonamides is 1. The van der Waals surface area contributed by atoms with Gasteiger partial charge < -0.3 is 4.74 Å². The lowest BCUT2D eigenvalue weighted by Gasteiger charge is -2.10. The zero-order chi connectivity index (χ0) is 18.8. The molecule has 26 heavy (non-hydrogen) atoms. The number of pyridine rings is 1. The molecule has 1 aromatic heterocycles. The Bertz CT molecular complexity index is 1020. The average molecular weight is 382 g/mol. The predicted octanol–water partition coefficient (Wildman–Crippen LogP) is 3.98. The first-order valence-electron chi connectivity index (χ1n) is 7.40. The molecule has 136 valence electrons. The molecule has 0 bridgehead atoms. The largest absolute Gasteiger partial charge is 0.468 e. The van der Waals surface area contributed by atoms with Crippen LogP contribution in [0.4, 0.5) is 18.9 Å². The van der Waals surface area contributed by atoms with Gasteiger partial charge in [-0.25, -0.2) is 13.4 Å². The van der Waals surface area contributed by atoms with Crippen LogP contribution in [0.1, 0.15) is 0 Å². The number of benzene rings is 2. The van der Waals surface area contributed by atoms with Crippen LogP contribution in [0, 0.1) is 0 Å². The molecule has 0 amide bonds. The van der Waals surface area contributed by atoms with E-state index in [1.54, 1.807) is 18.2 Å². The Kier molecular flexibility index (Phi) is 4.73. The molecule has 0 saturated heterocycles. The van der Waals surface area contributed by atoms with Crippen LogP contribution >= 0.6 is 0 Å². The molecule has 0 saturated carbocycles. The summed E-state index contributed by atoms with van der Waals surface area (Å²) in [6, 6.07) is 14.4. The molecule has 2 aromatic carbocycles. The van der Waals surface area contributed by atoms with Crippen LogP contribution < -0.4 is 9.46 Å². The van der Waals surface area contributed by atoms with E-state index in [0.717, 1.165) is 23.0 Å². The molecule has 0 aliphatic heterocycles. The SMILES string of the molecule is O=S(=O)(Nc1ccc(OCC(F)(F)F)nc1)c1ccc2ccccc2c1. The Labute approximate surface area is 147 Å². The number of nitrogens with one attached hydrogen (secondary N) is 1. The number of alkyl halides is 3. The first kappa shape index (κ1) is 18.0. The van der Waals surface area contributed by atoms with E-state index in [1.165, 1.54) is 18.2 Å². The van der Waals surface area contributed by atoms with E-state index in [9.17, 15) is 21.6 Å². The van der Waals surface area contributed by atoms with Crippen LogP contribution in [-0.4, -0.2) is 26.2 Å². The van der Waals surface area contributed by atoms with E-state index in [1.807, 2.05) is 12.1 Å². The van der Waals surface area contributed by atoms with Crippen LogP contribution in [0.2, 0.25) is 0 Å². The van der Waals surface area contributed by atoms with Gasteiger partial charge in [0, 0.05) is 6.07 Å². The summed E-state index contributed by atoms with van der Waals surface area (Å²) in [5.41, 5.74) is 0.109. The molecule has 3 aromatic rings. The number of rotatable bonds is 5. The van der Waals surface area contributed by atoms with E-state index >= 15 is 0 Å². The topological polar surface area (TPSA) is 68.3 Å². The van der Waals surface area contributed by atoms with Gasteiger partial charge in [0.2, 0.25) is 5.88 Å². The van der Waals surface area contributed by atoms with Crippen molar-refractivity contribution in [2.75, 3.05) is 11.3 Å². The fraction of sp³-hybridized carbons (Fsp3) is 0.118. The zero-order valence-corrected chi connectivity index (χ0v) is 14.0. The highest BCUT2D eigenvalue weighted by Crippen LogP contribution is 2.22. The van der Waals surface area contributed by atoms with Crippen molar-refractivity contribution in [2.24, 2.45) is 0 Å². The van der Waals surface area contributed by atoms with E-state index < -0.39 is 22.8 Å². The molecule has 1 N–H and O–H groups in total. The molecule has 5 nitrogen and oxygen atoms in total. The van der Waals surface area contributed by atoms with E-state index in [0.29, 0.717) is 0 Å². The third-order valence-electron chi connectivity index (χ3n) is 3.40. The maximum Gasteiger partial charge on any atom is 0.422 e. The first-order chi connectivity index (χ1) is 12.2. The van der Waals surface area contributed by atoms with Crippen LogP contribution in [0.25, 0.3) is 10.8 Å². The number of anilines is 1. The number of ether oxygens (including phenoxy) is 1. The predicted molar refractivity (Wildman–Crippen MR) is 90.5 cm³/mol. The lowest BCUT2D eigenvalue weighted by molar-refractivity contribution is -0.154. The fourth-order valence-corrected chi connectivity index (χ4v) is 3.31. The first-order valence-corrected chi connectivity index (χ1v) is 8.88. The van der Waals surface area contributed by atoms with Crippen LogP contribution in [0.15, 0.2) is 65.7 Å². The van der Waals surface area contributed by atoms with Gasteiger partial charge in [0.05, 0.1) is 16.8 Å². The summed E-state index contributed by atoms with van der Waals surface area (Å²) in [5.74, 6) is -0.254. The number of aromatic nitrogens is 1. The standard InChI is InChI=1S/C17H13F3N2O3S/c18-17(19,20)11-25-16-8-6-14(10-21-16)22-26(23,24)15-7-5-12-3-1-2-4-13(12)9-15/h1-10,22H,11H2. The van der Waals surface area contributed by atoms with Crippen molar-refractivity contribution in [1.82, 2.24) is 4.98 Å². The van der Waals surface area contributed by atoms with Crippen LogP contribution in [0.5, 0.6) is 5.88 Å². The second-order valence-electron chi connectivity index (χ2n) is 5.40. The van der Waals surface area contributed by atoms with Gasteiger partial charge in [0.1, 0.15) is 0 Å². The van der Waals surface area contributed by atoms with Crippen molar-refractivity contribution in [1.29, 1.82) is 0 Å². The number of nitrogens with zero attached hydrogens (tertiary/aromatic N) is 1. The molecular weight excluding hydrogens is 369 g/mol. The van der Waals surface area contributed by atoms with E-state index in [-0.39, 0.29) is 16.5 Å². The maximum atomic E-state index is 12.5. The Morgan fingerprint density at radius 2 is 1.73 bits per heavy atom. The summed E-state index contributed by atoms with van der Waals surface area (Å²) in [4.78, 5) is 3.72. The summed E-state index contributed by atoms with van der Waals surface area (Å²) < 4.78 is 68.0. The van der Waals surface area contributed by atoms with Crippen LogP contribution in [0.3, 0.4) is 0 Å². The van der Waals surface area contributed by atoms with Gasteiger partial charge in [0.25, 0.3) is 10.0 Å². The van der Waals surface area contributed by atoms with Crippen molar-refractivity contribution in [2.45, 2.75) is 11.1 Å². The second-order valence-corrected chi connectivity index (χ2v) is 7.09. The van der Waals surface area contributed by atoms with E-state index in [4.69, 9.17) is 0 Å². The molecule has 0 radical (unpaired) electrons. The van der Waals surface area contributed by atoms with Gasteiger partial charge in [-0.3, -0.25) is 4.72 Å². The number of hydrogen-bond donors (Lipinski definition) is 1. The van der Waals surface area contributed by atoms with Crippen LogP contribution in [-0.2, 0) is 10.0 Å². The Morgan fingerprint density at radius 3 is 2.38 bits per heavy atom. The fourth-order valence-electron chi connectivity index (χ4n) is 2.23. The van der Waals surface area contributed by atoms with Crippen molar-refractivity contribution in [3.8, 4) is 5.88 Å². The van der Waals surface area contributed by atoms with Crippen molar-refractivity contribution in [3.05, 3.63) is 60.8 Å². The van der Waals surface area contributed by atoms with Gasteiger partial charge in [0.15, 0.2) is 6.61 Å². The highest BCUT2D eigenvalue weighted by Gasteiger charge is 2.28. The lowest BCUT2D eigenvalue weighted by Crippen LogP contribution is -2.19. The summed E-state index contributed by atoms with van der Waals surface area (Å²) in [6.45, 7) is -1.47. The molecule has 0 unspecified atom stereocenters. The average Bonchev–Trinajstić information content (AvgIpc) is 2.60. The van der Waals surface area contributed by atoms with Gasteiger partial charge in [-0.1, -0.05) is 30.3 Å². The smallest absolute Gasteiger partial charge is 0.422 e. The highest BCUT2D eigenvalue weighted by atomic mass is 32.2. The third-order valence-corrected chi connectivity index (χ3v) is 4.78. The Balaban J connectivity index is 1.76. The normalized spacial score (nSPS) is 12.1. The van der Waals surface area contributed by atoms with Gasteiger partial charge in [-0.2, -0.15) is 13.2 Å². The Hall–Kier alpha value is -2.81. The molecule has 0 spiro atoms. The molecule has 0 atom stereocenters. The van der Waals surface area contributed by atoms with Gasteiger partial charge in [-0.15, -0.1) is 0 Å². The summed E-state index contributed by atoms with van der Waals surface area (Å²) >= 11 is 0. The van der Waals surface area contributed by atoms with Gasteiger partial charge in [-0.05, 0) is 29.0 Å². The number of fused-ring (bicyclic) bond motifs is 1. The molecular formula is C17H13F3N2O3S. The molecule has 0 aliphatic carbocycles.